The molecule has 28 heavy (non-hydrogen) atoms. The maximum atomic E-state index is 12.2. The summed E-state index contributed by atoms with van der Waals surface area (Å²) in [6.45, 7) is 6.35. The van der Waals surface area contributed by atoms with Gasteiger partial charge in [0.25, 0.3) is 0 Å². The minimum Gasteiger partial charge on any atom is -0.326 e. The number of anilines is 1. The van der Waals surface area contributed by atoms with Crippen molar-refractivity contribution in [2.75, 3.05) is 5.32 Å². The van der Waals surface area contributed by atoms with Crippen LogP contribution < -0.4 is 10.6 Å². The number of carbonyl (C=O) groups is 2. The van der Waals surface area contributed by atoms with Crippen molar-refractivity contribution in [3.8, 4) is 0 Å². The molecule has 2 N–H and O–H groups in total. The van der Waals surface area contributed by atoms with Gasteiger partial charge in [-0.3, -0.25) is 9.59 Å². The van der Waals surface area contributed by atoms with Gasteiger partial charge < -0.3 is 10.6 Å². The summed E-state index contributed by atoms with van der Waals surface area (Å²) < 4.78 is 0. The third-order valence-corrected chi connectivity index (χ3v) is 5.87. The van der Waals surface area contributed by atoms with E-state index in [1.807, 2.05) is 43.3 Å². The number of hydrogen-bond acceptors (Lipinski definition) is 4. The van der Waals surface area contributed by atoms with Gasteiger partial charge in [0, 0.05) is 12.1 Å². The van der Waals surface area contributed by atoms with Crippen molar-refractivity contribution in [3.63, 3.8) is 0 Å². The number of aryl methyl sites for hydroxylation is 1. The number of rotatable bonds is 6. The average molecular weight is 396 g/mol. The molecule has 0 aromatic heterocycles. The lowest BCUT2D eigenvalue weighted by Crippen LogP contribution is -2.28. The van der Waals surface area contributed by atoms with Gasteiger partial charge in [0.2, 0.25) is 11.8 Å². The van der Waals surface area contributed by atoms with Crippen LogP contribution in [0.25, 0.3) is 0 Å². The van der Waals surface area contributed by atoms with Crippen LogP contribution in [0.15, 0.2) is 53.5 Å². The molecular weight excluding hydrogens is 370 g/mol. The minimum atomic E-state index is -0.469. The van der Waals surface area contributed by atoms with Gasteiger partial charge in [-0.25, -0.2) is 4.99 Å². The molecule has 5 nitrogen and oxygen atoms in total. The first-order chi connectivity index (χ1) is 13.4. The highest BCUT2D eigenvalue weighted by Crippen LogP contribution is 2.27. The zero-order chi connectivity index (χ0) is 20.1. The highest BCUT2D eigenvalue weighted by atomic mass is 32.2. The number of aliphatic imine (C=N–C) groups is 1. The summed E-state index contributed by atoms with van der Waals surface area (Å²) >= 11 is 1.30. The molecule has 2 aromatic carbocycles. The topological polar surface area (TPSA) is 70.6 Å². The van der Waals surface area contributed by atoms with Crippen LogP contribution in [0.2, 0.25) is 0 Å². The molecule has 1 fully saturated rings. The van der Waals surface area contributed by atoms with Crippen LogP contribution in [0.3, 0.4) is 0 Å². The quantitative estimate of drug-likeness (QED) is 0.741. The van der Waals surface area contributed by atoms with E-state index in [9.17, 15) is 9.59 Å². The Morgan fingerprint density at radius 1 is 1.18 bits per heavy atom. The van der Waals surface area contributed by atoms with E-state index in [4.69, 9.17) is 0 Å². The molecule has 1 heterocycles. The van der Waals surface area contributed by atoms with Gasteiger partial charge in [0.1, 0.15) is 5.25 Å². The molecule has 0 radical (unpaired) electrons. The summed E-state index contributed by atoms with van der Waals surface area (Å²) in [7, 11) is 0. The molecule has 3 rings (SSSR count). The summed E-state index contributed by atoms with van der Waals surface area (Å²) in [6.07, 6.45) is 1.20. The second-order valence-corrected chi connectivity index (χ2v) is 8.22. The normalized spacial score (nSPS) is 18.8. The number of nitrogens with zero attached hydrogens (tertiary/aromatic N) is 1. The first kappa shape index (κ1) is 20.1. The van der Waals surface area contributed by atoms with E-state index >= 15 is 0 Å². The SMILES string of the molecule is CC[C@H](C)c1ccc(N=C2NC(=O)[C@H](CC(=O)Nc3ccc(C)cc3)S2)cc1. The zero-order valence-electron chi connectivity index (χ0n) is 16.4. The smallest absolute Gasteiger partial charge is 0.240 e. The molecular formula is C22H25N3O2S. The van der Waals surface area contributed by atoms with Gasteiger partial charge in [0.05, 0.1) is 5.69 Å². The Kier molecular flexibility index (Phi) is 6.52. The number of hydrogen-bond donors (Lipinski definition) is 2. The molecule has 2 atom stereocenters. The van der Waals surface area contributed by atoms with Crippen LogP contribution in [0.1, 0.15) is 43.7 Å². The van der Waals surface area contributed by atoms with Crippen LogP contribution in [0, 0.1) is 6.92 Å². The standard InChI is InChI=1S/C22H25N3O2S/c1-4-15(3)16-7-11-18(12-8-16)24-22-25-21(27)19(28-22)13-20(26)23-17-9-5-14(2)6-10-17/h5-12,15,19H,4,13H2,1-3H3,(H,23,26)(H,24,25,27)/t15-,19-/m0/s1. The number of amidine groups is 1. The Balaban J connectivity index is 1.59. The lowest BCUT2D eigenvalue weighted by atomic mass is 9.99. The van der Waals surface area contributed by atoms with Gasteiger partial charge in [-0.2, -0.15) is 0 Å². The van der Waals surface area contributed by atoms with Crippen molar-refractivity contribution in [1.29, 1.82) is 0 Å². The Hall–Kier alpha value is -2.60. The first-order valence-electron chi connectivity index (χ1n) is 9.47. The van der Waals surface area contributed by atoms with E-state index in [2.05, 4.69) is 41.6 Å². The van der Waals surface area contributed by atoms with Crippen molar-refractivity contribution in [2.24, 2.45) is 4.99 Å². The number of benzene rings is 2. The van der Waals surface area contributed by atoms with Crippen molar-refractivity contribution >= 4 is 40.1 Å². The Morgan fingerprint density at radius 2 is 1.86 bits per heavy atom. The molecule has 2 aromatic rings. The van der Waals surface area contributed by atoms with Crippen LogP contribution in [-0.4, -0.2) is 22.2 Å². The summed E-state index contributed by atoms with van der Waals surface area (Å²) in [5.41, 5.74) is 3.93. The van der Waals surface area contributed by atoms with Gasteiger partial charge in [-0.05, 0) is 49.1 Å². The Bertz CT molecular complexity index is 876. The summed E-state index contributed by atoms with van der Waals surface area (Å²) in [5, 5.41) is 5.67. The number of thioether (sulfide) groups is 1. The second kappa shape index (κ2) is 9.06. The maximum absolute atomic E-state index is 12.2. The highest BCUT2D eigenvalue weighted by Gasteiger charge is 2.32. The first-order valence-corrected chi connectivity index (χ1v) is 10.3. The molecule has 0 unspecified atom stereocenters. The number of amides is 2. The van der Waals surface area contributed by atoms with Crippen molar-refractivity contribution in [2.45, 2.75) is 44.8 Å². The van der Waals surface area contributed by atoms with Crippen molar-refractivity contribution < 1.29 is 9.59 Å². The fraction of sp³-hybridized carbons (Fsp3) is 0.318. The van der Waals surface area contributed by atoms with Crippen LogP contribution in [-0.2, 0) is 9.59 Å². The zero-order valence-corrected chi connectivity index (χ0v) is 17.2. The summed E-state index contributed by atoms with van der Waals surface area (Å²) in [6, 6.07) is 15.6. The van der Waals surface area contributed by atoms with E-state index in [1.54, 1.807) is 0 Å². The highest BCUT2D eigenvalue weighted by molar-refractivity contribution is 8.15. The predicted octanol–water partition coefficient (Wildman–Crippen LogP) is 4.76. The second-order valence-electron chi connectivity index (χ2n) is 7.03. The fourth-order valence-corrected chi connectivity index (χ4v) is 3.83. The molecule has 0 spiro atoms. The van der Waals surface area contributed by atoms with E-state index in [-0.39, 0.29) is 18.2 Å². The molecule has 146 valence electrons. The van der Waals surface area contributed by atoms with Crippen LogP contribution >= 0.6 is 11.8 Å². The lowest BCUT2D eigenvalue weighted by molar-refractivity contribution is -0.122. The molecule has 0 bridgehead atoms. The summed E-state index contributed by atoms with van der Waals surface area (Å²) in [4.78, 5) is 28.9. The van der Waals surface area contributed by atoms with Gasteiger partial charge in [0.15, 0.2) is 5.17 Å². The third-order valence-electron chi connectivity index (χ3n) is 4.79. The number of nitrogens with one attached hydrogen (secondary N) is 2. The average Bonchev–Trinajstić information content (AvgIpc) is 3.02. The predicted molar refractivity (Wildman–Crippen MR) is 116 cm³/mol. The molecule has 1 aliphatic heterocycles. The van der Waals surface area contributed by atoms with Gasteiger partial charge in [-0.15, -0.1) is 0 Å². The van der Waals surface area contributed by atoms with Crippen LogP contribution in [0.4, 0.5) is 11.4 Å². The van der Waals surface area contributed by atoms with Crippen molar-refractivity contribution in [3.05, 3.63) is 59.7 Å². The van der Waals surface area contributed by atoms with E-state index in [0.717, 1.165) is 23.4 Å². The molecule has 0 aliphatic carbocycles. The van der Waals surface area contributed by atoms with Gasteiger partial charge >= 0.3 is 0 Å². The monoisotopic (exact) mass is 395 g/mol. The van der Waals surface area contributed by atoms with E-state index < -0.39 is 5.25 Å². The van der Waals surface area contributed by atoms with Crippen LogP contribution in [0.5, 0.6) is 0 Å². The number of carbonyl (C=O) groups excluding carboxylic acids is 2. The van der Waals surface area contributed by atoms with Gasteiger partial charge in [-0.1, -0.05) is 55.4 Å². The van der Waals surface area contributed by atoms with E-state index in [0.29, 0.717) is 11.1 Å². The largest absolute Gasteiger partial charge is 0.326 e. The third kappa shape index (κ3) is 5.23. The molecule has 1 saturated heterocycles. The Morgan fingerprint density at radius 3 is 2.50 bits per heavy atom. The minimum absolute atomic E-state index is 0.107. The molecule has 6 heteroatoms. The Labute approximate surface area is 170 Å². The lowest BCUT2D eigenvalue weighted by Gasteiger charge is -2.08. The van der Waals surface area contributed by atoms with Crippen molar-refractivity contribution in [1.82, 2.24) is 5.32 Å². The molecule has 2 amide bonds. The summed E-state index contributed by atoms with van der Waals surface area (Å²) in [5.74, 6) is 0.147. The fourth-order valence-electron chi connectivity index (χ4n) is 2.84. The molecule has 1 aliphatic rings. The maximum Gasteiger partial charge on any atom is 0.240 e. The van der Waals surface area contributed by atoms with E-state index in [1.165, 1.54) is 17.3 Å². The molecule has 0 saturated carbocycles.